The Morgan fingerprint density at radius 1 is 1.03 bits per heavy atom. The average molecular weight is 441 g/mol. The largest absolute Gasteiger partial charge is 0.417 e. The zero-order valence-electron chi connectivity index (χ0n) is 16.6. The maximum absolute atomic E-state index is 13.6. The number of hydrogen-bond acceptors (Lipinski definition) is 6. The van der Waals surface area contributed by atoms with Gasteiger partial charge in [-0.1, -0.05) is 30.3 Å². The van der Waals surface area contributed by atoms with Gasteiger partial charge in [0, 0.05) is 30.6 Å². The Bertz CT molecular complexity index is 1320. The second kappa shape index (κ2) is 7.75. The van der Waals surface area contributed by atoms with Crippen molar-refractivity contribution in [2.75, 3.05) is 25.0 Å². The zero-order chi connectivity index (χ0) is 22.3. The molecule has 0 aliphatic carbocycles. The van der Waals surface area contributed by atoms with E-state index in [1.165, 1.54) is 22.7 Å². The van der Waals surface area contributed by atoms with E-state index in [-0.39, 0.29) is 23.2 Å². The highest BCUT2D eigenvalue weighted by molar-refractivity contribution is 5.93. The minimum Gasteiger partial charge on any atom is -0.353 e. The number of carbonyl (C=O) groups is 1. The molecule has 32 heavy (non-hydrogen) atoms. The van der Waals surface area contributed by atoms with Gasteiger partial charge in [0.25, 0.3) is 0 Å². The van der Waals surface area contributed by atoms with Crippen LogP contribution in [-0.2, 0) is 11.0 Å². The number of hydrogen-bond donors (Lipinski definition) is 3. The Kier molecular flexibility index (Phi) is 4.89. The molecular weight excluding hydrogens is 423 g/mol. The molecule has 1 atom stereocenters. The highest BCUT2D eigenvalue weighted by Crippen LogP contribution is 2.36. The normalized spacial score (nSPS) is 17.3. The van der Waals surface area contributed by atoms with Crippen LogP contribution < -0.4 is 16.0 Å². The first kappa shape index (κ1) is 20.2. The summed E-state index contributed by atoms with van der Waals surface area (Å²) in [6.45, 7) is 1.49. The minimum absolute atomic E-state index is 0.0810. The van der Waals surface area contributed by atoms with Crippen molar-refractivity contribution in [2.24, 2.45) is 0 Å². The van der Waals surface area contributed by atoms with E-state index in [0.29, 0.717) is 36.2 Å². The molecule has 8 nitrogen and oxygen atoms in total. The van der Waals surface area contributed by atoms with Crippen molar-refractivity contribution >= 4 is 28.4 Å². The van der Waals surface area contributed by atoms with Crippen LogP contribution in [0.4, 0.5) is 19.1 Å². The van der Waals surface area contributed by atoms with Crippen molar-refractivity contribution in [3.63, 3.8) is 0 Å². The predicted octanol–water partition coefficient (Wildman–Crippen LogP) is 2.46. The number of benzene rings is 2. The monoisotopic (exact) mass is 441 g/mol. The van der Waals surface area contributed by atoms with E-state index in [1.807, 2.05) is 0 Å². The fourth-order valence-electron chi connectivity index (χ4n) is 3.70. The highest BCUT2D eigenvalue weighted by atomic mass is 19.4. The summed E-state index contributed by atoms with van der Waals surface area (Å²) >= 11 is 0. The third-order valence-corrected chi connectivity index (χ3v) is 5.22. The summed E-state index contributed by atoms with van der Waals surface area (Å²) < 4.78 is 42.1. The molecule has 5 rings (SSSR count). The number of nitrogens with zero attached hydrogens (tertiary/aromatic N) is 4. The number of carbonyl (C=O) groups excluding carboxylic acids is 1. The van der Waals surface area contributed by atoms with E-state index in [1.54, 1.807) is 24.3 Å². The third-order valence-electron chi connectivity index (χ3n) is 5.22. The predicted molar refractivity (Wildman–Crippen MR) is 112 cm³/mol. The lowest BCUT2D eigenvalue weighted by molar-refractivity contribution is -0.137. The summed E-state index contributed by atoms with van der Waals surface area (Å²) in [7, 11) is 0. The van der Waals surface area contributed by atoms with Gasteiger partial charge in [0.1, 0.15) is 6.04 Å². The number of rotatable bonds is 3. The Hall–Kier alpha value is -3.73. The van der Waals surface area contributed by atoms with E-state index < -0.39 is 17.8 Å². The van der Waals surface area contributed by atoms with Crippen LogP contribution in [0.15, 0.2) is 48.5 Å². The first-order chi connectivity index (χ1) is 15.4. The van der Waals surface area contributed by atoms with Gasteiger partial charge in [0.2, 0.25) is 11.9 Å². The molecule has 3 N–H and O–H groups in total. The van der Waals surface area contributed by atoms with Crippen LogP contribution in [0.2, 0.25) is 0 Å². The number of halogens is 3. The second-order valence-corrected chi connectivity index (χ2v) is 7.36. The third kappa shape index (κ3) is 3.60. The molecule has 0 bridgehead atoms. The number of alkyl halides is 3. The number of para-hydroxylation sites is 1. The molecule has 1 fully saturated rings. The molecule has 11 heteroatoms. The van der Waals surface area contributed by atoms with E-state index in [9.17, 15) is 18.0 Å². The van der Waals surface area contributed by atoms with E-state index in [4.69, 9.17) is 0 Å². The Morgan fingerprint density at radius 3 is 2.66 bits per heavy atom. The zero-order valence-corrected chi connectivity index (χ0v) is 16.6. The number of anilines is 1. The molecule has 164 valence electrons. The van der Waals surface area contributed by atoms with Gasteiger partial charge in [-0.05, 0) is 18.2 Å². The van der Waals surface area contributed by atoms with E-state index in [0.717, 1.165) is 6.07 Å². The van der Waals surface area contributed by atoms with Gasteiger partial charge < -0.3 is 16.0 Å². The molecule has 0 spiro atoms. The molecule has 2 aromatic heterocycles. The van der Waals surface area contributed by atoms with E-state index in [2.05, 4.69) is 31.0 Å². The average Bonchev–Trinajstić information content (AvgIpc) is 3.13. The van der Waals surface area contributed by atoms with Crippen molar-refractivity contribution in [3.05, 3.63) is 54.1 Å². The minimum atomic E-state index is -4.56. The lowest BCUT2D eigenvalue weighted by Gasteiger charge is -2.16. The van der Waals surface area contributed by atoms with Gasteiger partial charge in [-0.3, -0.25) is 4.79 Å². The molecule has 1 saturated heterocycles. The smallest absolute Gasteiger partial charge is 0.353 e. The molecule has 1 aliphatic rings. The van der Waals surface area contributed by atoms with Crippen molar-refractivity contribution < 1.29 is 18.0 Å². The molecule has 4 aromatic rings. The van der Waals surface area contributed by atoms with Crippen LogP contribution in [0.3, 0.4) is 0 Å². The molecule has 1 aliphatic heterocycles. The SMILES string of the molecule is O=C1NCCNC[C@H]1Nc1nc2ccccc2c2nc(-c3ccccc3C(F)(F)F)nn12. The van der Waals surface area contributed by atoms with Crippen LogP contribution in [0, 0.1) is 0 Å². The maximum Gasteiger partial charge on any atom is 0.417 e. The number of fused-ring (bicyclic) bond motifs is 3. The quantitative estimate of drug-likeness (QED) is 0.452. The topological polar surface area (TPSA) is 96.2 Å². The summed E-state index contributed by atoms with van der Waals surface area (Å²) in [5, 5.41) is 14.0. The van der Waals surface area contributed by atoms with Gasteiger partial charge in [-0.15, -0.1) is 5.10 Å². The Labute approximate surface area is 179 Å². The first-order valence-electron chi connectivity index (χ1n) is 9.99. The number of amides is 1. The fourth-order valence-corrected chi connectivity index (χ4v) is 3.70. The molecule has 0 saturated carbocycles. The Balaban J connectivity index is 1.69. The second-order valence-electron chi connectivity index (χ2n) is 7.36. The summed E-state index contributed by atoms with van der Waals surface area (Å²) in [6.07, 6.45) is -4.56. The highest BCUT2D eigenvalue weighted by Gasteiger charge is 2.34. The van der Waals surface area contributed by atoms with Crippen LogP contribution in [0.25, 0.3) is 27.9 Å². The molecular formula is C21H18F3N7O. The lowest BCUT2D eigenvalue weighted by atomic mass is 10.1. The van der Waals surface area contributed by atoms with Crippen LogP contribution in [0.1, 0.15) is 5.56 Å². The molecule has 3 heterocycles. The summed E-state index contributed by atoms with van der Waals surface area (Å²) in [6, 6.07) is 11.7. The van der Waals surface area contributed by atoms with Crippen molar-refractivity contribution in [3.8, 4) is 11.4 Å². The first-order valence-corrected chi connectivity index (χ1v) is 9.99. The van der Waals surface area contributed by atoms with Crippen molar-refractivity contribution in [1.82, 2.24) is 30.2 Å². The summed E-state index contributed by atoms with van der Waals surface area (Å²) in [5.74, 6) is -0.0748. The fraction of sp³-hybridized carbons (Fsp3) is 0.238. The number of nitrogens with one attached hydrogen (secondary N) is 3. The Morgan fingerprint density at radius 2 is 1.81 bits per heavy atom. The van der Waals surface area contributed by atoms with Gasteiger partial charge in [0.05, 0.1) is 11.1 Å². The van der Waals surface area contributed by atoms with Crippen molar-refractivity contribution in [2.45, 2.75) is 12.2 Å². The molecule has 0 unspecified atom stereocenters. The lowest BCUT2D eigenvalue weighted by Crippen LogP contribution is -2.42. The van der Waals surface area contributed by atoms with Crippen molar-refractivity contribution in [1.29, 1.82) is 0 Å². The summed E-state index contributed by atoms with van der Waals surface area (Å²) in [5.41, 5.74) is -0.0396. The number of aromatic nitrogens is 4. The molecule has 0 radical (unpaired) electrons. The standard InChI is InChI=1S/C21H18F3N7O/c22-21(23,24)14-7-3-1-5-12(14)17-29-18-13-6-2-4-8-15(13)27-20(31(18)30-17)28-16-11-25-9-10-26-19(16)32/h1-8,16,25H,9-11H2,(H,26,32)(H,27,28)/t16-/m1/s1. The van der Waals surface area contributed by atoms with Gasteiger partial charge >= 0.3 is 6.18 Å². The van der Waals surface area contributed by atoms with Gasteiger partial charge in [-0.2, -0.15) is 17.7 Å². The molecule has 1 amide bonds. The van der Waals surface area contributed by atoms with Gasteiger partial charge in [-0.25, -0.2) is 9.97 Å². The van der Waals surface area contributed by atoms with Crippen LogP contribution in [-0.4, -0.2) is 51.2 Å². The molecule has 2 aromatic carbocycles. The summed E-state index contributed by atoms with van der Waals surface area (Å²) in [4.78, 5) is 21.4. The maximum atomic E-state index is 13.6. The van der Waals surface area contributed by atoms with Crippen LogP contribution >= 0.6 is 0 Å². The van der Waals surface area contributed by atoms with E-state index >= 15 is 0 Å². The van der Waals surface area contributed by atoms with Gasteiger partial charge in [0.15, 0.2) is 11.5 Å². The van der Waals surface area contributed by atoms with Crippen LogP contribution in [0.5, 0.6) is 0 Å².